The number of rotatable bonds is 7. The zero-order valence-electron chi connectivity index (χ0n) is 15.1. The van der Waals surface area contributed by atoms with Gasteiger partial charge in [-0.1, -0.05) is 12.1 Å². The average Bonchev–Trinajstić information content (AvgIpc) is 2.98. The van der Waals surface area contributed by atoms with E-state index in [2.05, 4.69) is 20.7 Å². The van der Waals surface area contributed by atoms with Crippen LogP contribution in [0.15, 0.2) is 34.6 Å². The number of benzene rings is 1. The highest BCUT2D eigenvalue weighted by atomic mass is 32.1. The summed E-state index contributed by atoms with van der Waals surface area (Å²) in [5.41, 5.74) is 1.02. The van der Waals surface area contributed by atoms with E-state index in [0.29, 0.717) is 13.1 Å². The van der Waals surface area contributed by atoms with Gasteiger partial charge in [0.25, 0.3) is 0 Å². The van der Waals surface area contributed by atoms with Crippen molar-refractivity contribution in [1.82, 2.24) is 15.2 Å². The summed E-state index contributed by atoms with van der Waals surface area (Å²) in [6.45, 7) is 7.77. The van der Waals surface area contributed by atoms with Gasteiger partial charge in [0.2, 0.25) is 0 Å². The van der Waals surface area contributed by atoms with Gasteiger partial charge in [-0.2, -0.15) is 0 Å². The molecule has 0 bridgehead atoms. The van der Waals surface area contributed by atoms with Crippen LogP contribution < -0.4 is 10.1 Å². The summed E-state index contributed by atoms with van der Waals surface area (Å²) in [7, 11) is 1.97. The van der Waals surface area contributed by atoms with Crippen molar-refractivity contribution >= 4 is 17.3 Å². The Balaban J connectivity index is 1.96. The van der Waals surface area contributed by atoms with Gasteiger partial charge in [0, 0.05) is 19.0 Å². The first-order chi connectivity index (χ1) is 12.0. The van der Waals surface area contributed by atoms with Crippen molar-refractivity contribution in [3.63, 3.8) is 0 Å². The molecule has 5 nitrogen and oxygen atoms in total. The molecule has 0 amide bonds. The van der Waals surface area contributed by atoms with Gasteiger partial charge in [-0.15, -0.1) is 11.3 Å². The lowest BCUT2D eigenvalue weighted by molar-refractivity contribution is 0.219. The molecule has 0 saturated carbocycles. The molecule has 1 atom stereocenters. The van der Waals surface area contributed by atoms with E-state index in [-0.39, 0.29) is 17.7 Å². The number of aliphatic imine (C=N–C) groups is 1. The highest BCUT2D eigenvalue weighted by molar-refractivity contribution is 7.09. The topological polar surface area (TPSA) is 49.8 Å². The van der Waals surface area contributed by atoms with E-state index in [9.17, 15) is 4.39 Å². The summed E-state index contributed by atoms with van der Waals surface area (Å²) in [6.07, 6.45) is -0.236. The molecule has 2 rings (SSSR count). The van der Waals surface area contributed by atoms with E-state index in [1.165, 1.54) is 6.07 Å². The van der Waals surface area contributed by atoms with Crippen molar-refractivity contribution in [2.24, 2.45) is 4.99 Å². The minimum atomic E-state index is -0.360. The third-order valence-corrected chi connectivity index (χ3v) is 4.25. The second-order valence-corrected chi connectivity index (χ2v) is 6.83. The monoisotopic (exact) mass is 364 g/mol. The van der Waals surface area contributed by atoms with Gasteiger partial charge >= 0.3 is 0 Å². The SMILES string of the molecule is CCNC(=NCC(C)Oc1ccccc1F)N(C)Cc1csc(C)n1. The summed E-state index contributed by atoms with van der Waals surface area (Å²) in [4.78, 5) is 11.1. The molecule has 136 valence electrons. The third-order valence-electron chi connectivity index (χ3n) is 3.43. The highest BCUT2D eigenvalue weighted by Gasteiger charge is 2.11. The number of ether oxygens (including phenoxy) is 1. The highest BCUT2D eigenvalue weighted by Crippen LogP contribution is 2.17. The Morgan fingerprint density at radius 2 is 2.20 bits per heavy atom. The van der Waals surface area contributed by atoms with Gasteiger partial charge in [0.1, 0.15) is 6.10 Å². The molecular formula is C18H25FN4OS. The Morgan fingerprint density at radius 1 is 1.44 bits per heavy atom. The van der Waals surface area contributed by atoms with E-state index >= 15 is 0 Å². The van der Waals surface area contributed by atoms with Crippen LogP contribution in [0, 0.1) is 12.7 Å². The molecule has 0 fully saturated rings. The van der Waals surface area contributed by atoms with Crippen LogP contribution in [-0.2, 0) is 6.54 Å². The number of nitrogens with one attached hydrogen (secondary N) is 1. The molecule has 2 aromatic rings. The zero-order valence-corrected chi connectivity index (χ0v) is 15.9. The van der Waals surface area contributed by atoms with Crippen molar-refractivity contribution < 1.29 is 9.13 Å². The molecular weight excluding hydrogens is 339 g/mol. The van der Waals surface area contributed by atoms with E-state index in [1.54, 1.807) is 29.5 Å². The number of halogens is 1. The van der Waals surface area contributed by atoms with Crippen molar-refractivity contribution in [3.8, 4) is 5.75 Å². The van der Waals surface area contributed by atoms with Crippen LogP contribution in [0.2, 0.25) is 0 Å². The van der Waals surface area contributed by atoms with Crippen LogP contribution in [0.1, 0.15) is 24.5 Å². The fraction of sp³-hybridized carbons (Fsp3) is 0.444. The van der Waals surface area contributed by atoms with E-state index < -0.39 is 0 Å². The molecule has 1 aromatic carbocycles. The number of aromatic nitrogens is 1. The first-order valence-corrected chi connectivity index (χ1v) is 9.19. The Kier molecular flexibility index (Phi) is 7.18. The van der Waals surface area contributed by atoms with Crippen molar-refractivity contribution in [1.29, 1.82) is 0 Å². The predicted molar refractivity (Wildman–Crippen MR) is 101 cm³/mol. The number of nitrogens with zero attached hydrogens (tertiary/aromatic N) is 3. The average molecular weight is 364 g/mol. The number of guanidine groups is 1. The maximum atomic E-state index is 13.7. The lowest BCUT2D eigenvalue weighted by Crippen LogP contribution is -2.39. The second kappa shape index (κ2) is 9.36. The Morgan fingerprint density at radius 3 is 2.84 bits per heavy atom. The largest absolute Gasteiger partial charge is 0.486 e. The Bertz CT molecular complexity index is 704. The summed E-state index contributed by atoms with van der Waals surface area (Å²) in [5, 5.41) is 6.37. The molecule has 1 N–H and O–H groups in total. The first kappa shape index (κ1) is 19.2. The molecule has 0 spiro atoms. The van der Waals surface area contributed by atoms with Crippen LogP contribution in [0.3, 0.4) is 0 Å². The summed E-state index contributed by atoms with van der Waals surface area (Å²) in [6, 6.07) is 6.40. The number of para-hydroxylation sites is 1. The number of hydrogen-bond acceptors (Lipinski definition) is 4. The van der Waals surface area contributed by atoms with E-state index in [4.69, 9.17) is 4.74 Å². The van der Waals surface area contributed by atoms with Gasteiger partial charge in [-0.3, -0.25) is 0 Å². The second-order valence-electron chi connectivity index (χ2n) is 5.77. The van der Waals surface area contributed by atoms with Gasteiger partial charge in [-0.25, -0.2) is 14.4 Å². The number of thiazole rings is 1. The summed E-state index contributed by atoms with van der Waals surface area (Å²) < 4.78 is 19.3. The fourth-order valence-electron chi connectivity index (χ4n) is 2.28. The molecule has 0 aliphatic carbocycles. The molecule has 0 aliphatic heterocycles. The minimum Gasteiger partial charge on any atom is -0.486 e. The van der Waals surface area contributed by atoms with Crippen LogP contribution in [0.5, 0.6) is 5.75 Å². The van der Waals surface area contributed by atoms with E-state index in [0.717, 1.165) is 23.2 Å². The third kappa shape index (κ3) is 6.01. The zero-order chi connectivity index (χ0) is 18.2. The molecule has 0 radical (unpaired) electrons. The van der Waals surface area contributed by atoms with Crippen LogP contribution in [0.25, 0.3) is 0 Å². The standard InChI is InChI=1S/C18H25FN4OS/c1-5-20-18(23(4)11-15-12-25-14(3)22-15)21-10-13(2)24-17-9-7-6-8-16(17)19/h6-9,12-13H,5,10-11H2,1-4H3,(H,20,21). The van der Waals surface area contributed by atoms with Crippen LogP contribution >= 0.6 is 11.3 Å². The Hall–Kier alpha value is -2.15. The van der Waals surface area contributed by atoms with Gasteiger partial charge < -0.3 is 15.0 Å². The minimum absolute atomic E-state index is 0.236. The van der Waals surface area contributed by atoms with Gasteiger partial charge in [-0.05, 0) is 32.9 Å². The number of hydrogen-bond donors (Lipinski definition) is 1. The molecule has 7 heteroatoms. The molecule has 25 heavy (non-hydrogen) atoms. The maximum Gasteiger partial charge on any atom is 0.194 e. The molecule has 1 aromatic heterocycles. The lowest BCUT2D eigenvalue weighted by atomic mass is 10.3. The molecule has 1 heterocycles. The fourth-order valence-corrected chi connectivity index (χ4v) is 2.88. The maximum absolute atomic E-state index is 13.7. The van der Waals surface area contributed by atoms with Gasteiger partial charge in [0.05, 0.1) is 23.8 Å². The van der Waals surface area contributed by atoms with Crippen molar-refractivity contribution in [3.05, 3.63) is 46.2 Å². The van der Waals surface area contributed by atoms with Crippen molar-refractivity contribution in [2.45, 2.75) is 33.4 Å². The van der Waals surface area contributed by atoms with Gasteiger partial charge in [0.15, 0.2) is 17.5 Å². The lowest BCUT2D eigenvalue weighted by Gasteiger charge is -2.22. The van der Waals surface area contributed by atoms with Crippen LogP contribution in [-0.4, -0.2) is 42.1 Å². The smallest absolute Gasteiger partial charge is 0.194 e. The number of aryl methyl sites for hydroxylation is 1. The van der Waals surface area contributed by atoms with Crippen LogP contribution in [0.4, 0.5) is 4.39 Å². The molecule has 0 saturated heterocycles. The van der Waals surface area contributed by atoms with E-state index in [1.807, 2.05) is 32.7 Å². The quantitative estimate of drug-likeness (QED) is 0.604. The summed E-state index contributed by atoms with van der Waals surface area (Å²) in [5.74, 6) is 0.667. The summed E-state index contributed by atoms with van der Waals surface area (Å²) >= 11 is 1.64. The molecule has 0 aliphatic rings. The predicted octanol–water partition coefficient (Wildman–Crippen LogP) is 3.46. The first-order valence-electron chi connectivity index (χ1n) is 8.31. The Labute approximate surface area is 152 Å². The molecule has 1 unspecified atom stereocenters. The van der Waals surface area contributed by atoms with Crippen molar-refractivity contribution in [2.75, 3.05) is 20.1 Å². The normalized spacial score (nSPS) is 12.8.